The van der Waals surface area contributed by atoms with Crippen LogP contribution in [0.4, 0.5) is 5.69 Å². The fraction of sp³-hybridized carbons (Fsp3) is 0.364. The summed E-state index contributed by atoms with van der Waals surface area (Å²) >= 11 is 0. The molecule has 4 nitrogen and oxygen atoms in total. The van der Waals surface area contributed by atoms with E-state index in [9.17, 15) is 9.59 Å². The first kappa shape index (κ1) is 16.8. The number of para-hydroxylation sites is 1. The number of carbonyl (C=O) groups is 2. The smallest absolute Gasteiger partial charge is 0.231 e. The number of anilines is 1. The monoisotopic (exact) mass is 348 g/mol. The van der Waals surface area contributed by atoms with Crippen molar-refractivity contribution in [1.29, 1.82) is 0 Å². The number of nitrogens with zero attached hydrogens (tertiary/aromatic N) is 1. The van der Waals surface area contributed by atoms with E-state index >= 15 is 0 Å². The van der Waals surface area contributed by atoms with Gasteiger partial charge in [-0.3, -0.25) is 9.59 Å². The van der Waals surface area contributed by atoms with Crippen LogP contribution in [0, 0.1) is 13.8 Å². The van der Waals surface area contributed by atoms with Gasteiger partial charge in [-0.15, -0.1) is 0 Å². The highest BCUT2D eigenvalue weighted by atomic mass is 16.2. The lowest BCUT2D eigenvalue weighted by molar-refractivity contribution is -0.135. The van der Waals surface area contributed by atoms with Gasteiger partial charge in [0.05, 0.1) is 12.0 Å². The zero-order chi connectivity index (χ0) is 18.3. The van der Waals surface area contributed by atoms with Gasteiger partial charge in [0.25, 0.3) is 0 Å². The number of carbonyl (C=O) groups excluding carboxylic acids is 2. The van der Waals surface area contributed by atoms with E-state index in [0.29, 0.717) is 0 Å². The first-order valence-corrected chi connectivity index (χ1v) is 9.31. The highest BCUT2D eigenvalue weighted by molar-refractivity contribution is 6.01. The molecule has 134 valence electrons. The number of benzene rings is 2. The summed E-state index contributed by atoms with van der Waals surface area (Å²) in [7, 11) is 0. The van der Waals surface area contributed by atoms with Crippen molar-refractivity contribution >= 4 is 17.5 Å². The molecule has 4 rings (SSSR count). The van der Waals surface area contributed by atoms with E-state index in [0.717, 1.165) is 30.6 Å². The van der Waals surface area contributed by atoms with E-state index < -0.39 is 0 Å². The first-order valence-electron chi connectivity index (χ1n) is 9.31. The van der Waals surface area contributed by atoms with Crippen molar-refractivity contribution in [2.75, 3.05) is 11.9 Å². The maximum atomic E-state index is 13.4. The van der Waals surface area contributed by atoms with Gasteiger partial charge in [-0.2, -0.15) is 0 Å². The molecule has 2 unspecified atom stereocenters. The minimum absolute atomic E-state index is 0.0769. The standard InChI is InChI=1S/C22H24N2O2/c1-14-9-10-16(12-15(14)2)20-8-5-11-24(20)22(26)18-13-21(25)23-19-7-4-3-6-17(18)19/h3-4,6-7,9-10,12,18,20H,5,8,11,13H2,1-2H3,(H,23,25). The largest absolute Gasteiger partial charge is 0.335 e. The number of hydrogen-bond donors (Lipinski definition) is 1. The molecular weight excluding hydrogens is 324 g/mol. The Labute approximate surface area is 154 Å². The molecule has 0 aromatic heterocycles. The molecule has 2 amide bonds. The van der Waals surface area contributed by atoms with Crippen LogP contribution < -0.4 is 5.32 Å². The predicted molar refractivity (Wildman–Crippen MR) is 102 cm³/mol. The van der Waals surface area contributed by atoms with E-state index in [1.165, 1.54) is 16.7 Å². The molecule has 2 aliphatic heterocycles. The van der Waals surface area contributed by atoms with Crippen LogP contribution in [0.15, 0.2) is 42.5 Å². The molecule has 2 aromatic rings. The second kappa shape index (κ2) is 6.60. The summed E-state index contributed by atoms with van der Waals surface area (Å²) in [6.07, 6.45) is 2.21. The van der Waals surface area contributed by atoms with Crippen molar-refractivity contribution < 1.29 is 9.59 Å². The Kier molecular flexibility index (Phi) is 4.27. The van der Waals surface area contributed by atoms with Crippen LogP contribution in [0.1, 0.15) is 53.5 Å². The number of fused-ring (bicyclic) bond motifs is 1. The van der Waals surface area contributed by atoms with Crippen LogP contribution in [0.5, 0.6) is 0 Å². The predicted octanol–water partition coefficient (Wildman–Crippen LogP) is 4.09. The lowest BCUT2D eigenvalue weighted by atomic mass is 9.88. The van der Waals surface area contributed by atoms with E-state index in [1.54, 1.807) is 0 Å². The molecular formula is C22H24N2O2. The molecule has 0 aliphatic carbocycles. The number of rotatable bonds is 2. The second-order valence-corrected chi connectivity index (χ2v) is 7.43. The molecule has 0 radical (unpaired) electrons. The van der Waals surface area contributed by atoms with Crippen molar-refractivity contribution in [2.45, 2.75) is 45.1 Å². The lowest BCUT2D eigenvalue weighted by Crippen LogP contribution is -2.38. The SMILES string of the molecule is Cc1ccc(C2CCCN2C(=O)C2CC(=O)Nc3ccccc32)cc1C. The van der Waals surface area contributed by atoms with Gasteiger partial charge in [0.2, 0.25) is 11.8 Å². The summed E-state index contributed by atoms with van der Waals surface area (Å²) in [6.45, 7) is 4.98. The second-order valence-electron chi connectivity index (χ2n) is 7.43. The van der Waals surface area contributed by atoms with E-state index in [2.05, 4.69) is 37.4 Å². The summed E-state index contributed by atoms with van der Waals surface area (Å²) in [5.41, 5.74) is 5.42. The van der Waals surface area contributed by atoms with Gasteiger partial charge < -0.3 is 10.2 Å². The van der Waals surface area contributed by atoms with Crippen molar-refractivity contribution in [3.63, 3.8) is 0 Å². The van der Waals surface area contributed by atoms with Crippen LogP contribution in [-0.4, -0.2) is 23.3 Å². The molecule has 26 heavy (non-hydrogen) atoms. The fourth-order valence-corrected chi connectivity index (χ4v) is 4.18. The van der Waals surface area contributed by atoms with Gasteiger partial charge in [0, 0.05) is 18.7 Å². The van der Waals surface area contributed by atoms with Crippen LogP contribution in [0.2, 0.25) is 0 Å². The zero-order valence-electron chi connectivity index (χ0n) is 15.3. The Bertz CT molecular complexity index is 874. The minimum Gasteiger partial charge on any atom is -0.335 e. The third kappa shape index (κ3) is 2.90. The maximum absolute atomic E-state index is 13.4. The molecule has 2 aliphatic rings. The maximum Gasteiger partial charge on any atom is 0.231 e. The zero-order valence-corrected chi connectivity index (χ0v) is 15.3. The summed E-state index contributed by atoms with van der Waals surface area (Å²) in [5, 5.41) is 2.88. The van der Waals surface area contributed by atoms with Gasteiger partial charge in [-0.25, -0.2) is 0 Å². The van der Waals surface area contributed by atoms with Crippen LogP contribution in [0.3, 0.4) is 0 Å². The van der Waals surface area contributed by atoms with Crippen molar-refractivity contribution in [3.8, 4) is 0 Å². The molecule has 1 N–H and O–H groups in total. The molecule has 1 fully saturated rings. The number of amides is 2. The van der Waals surface area contributed by atoms with Crippen molar-refractivity contribution in [3.05, 3.63) is 64.7 Å². The number of hydrogen-bond acceptors (Lipinski definition) is 2. The Balaban J connectivity index is 1.65. The van der Waals surface area contributed by atoms with Crippen LogP contribution in [-0.2, 0) is 9.59 Å². The number of likely N-dealkylation sites (tertiary alicyclic amines) is 1. The fourth-order valence-electron chi connectivity index (χ4n) is 4.18. The van der Waals surface area contributed by atoms with Gasteiger partial charge in [-0.1, -0.05) is 36.4 Å². The lowest BCUT2D eigenvalue weighted by Gasteiger charge is -2.32. The summed E-state index contributed by atoms with van der Waals surface area (Å²) in [4.78, 5) is 27.5. The Morgan fingerprint density at radius 3 is 2.73 bits per heavy atom. The van der Waals surface area contributed by atoms with Gasteiger partial charge in [-0.05, 0) is 55.0 Å². The highest BCUT2D eigenvalue weighted by Gasteiger charge is 2.38. The molecule has 2 atom stereocenters. The Morgan fingerprint density at radius 2 is 1.92 bits per heavy atom. The van der Waals surface area contributed by atoms with Gasteiger partial charge in [0.15, 0.2) is 0 Å². The molecule has 2 aromatic carbocycles. The summed E-state index contributed by atoms with van der Waals surface area (Å²) in [6, 6.07) is 14.2. The van der Waals surface area contributed by atoms with Crippen LogP contribution >= 0.6 is 0 Å². The average Bonchev–Trinajstić information content (AvgIpc) is 3.12. The third-order valence-electron chi connectivity index (χ3n) is 5.75. The molecule has 1 saturated heterocycles. The summed E-state index contributed by atoms with van der Waals surface area (Å²) in [5.74, 6) is -0.385. The highest BCUT2D eigenvalue weighted by Crippen LogP contribution is 2.39. The summed E-state index contributed by atoms with van der Waals surface area (Å²) < 4.78 is 0. The molecule has 2 heterocycles. The molecule has 0 bridgehead atoms. The Hall–Kier alpha value is -2.62. The molecule has 0 saturated carbocycles. The van der Waals surface area contributed by atoms with Crippen molar-refractivity contribution in [1.82, 2.24) is 4.90 Å². The van der Waals surface area contributed by atoms with E-state index in [1.807, 2.05) is 29.2 Å². The van der Waals surface area contributed by atoms with Crippen LogP contribution in [0.25, 0.3) is 0 Å². The molecule has 0 spiro atoms. The van der Waals surface area contributed by atoms with Crippen molar-refractivity contribution in [2.24, 2.45) is 0 Å². The van der Waals surface area contributed by atoms with Gasteiger partial charge in [0.1, 0.15) is 0 Å². The number of aryl methyl sites for hydroxylation is 2. The minimum atomic E-state index is -0.382. The Morgan fingerprint density at radius 1 is 1.12 bits per heavy atom. The third-order valence-corrected chi connectivity index (χ3v) is 5.75. The molecule has 4 heteroatoms. The van der Waals surface area contributed by atoms with E-state index in [4.69, 9.17) is 0 Å². The van der Waals surface area contributed by atoms with E-state index in [-0.39, 0.29) is 30.2 Å². The average molecular weight is 348 g/mol. The normalized spacial score (nSPS) is 22.1. The topological polar surface area (TPSA) is 49.4 Å². The quantitative estimate of drug-likeness (QED) is 0.888. The first-order chi connectivity index (χ1) is 12.5. The number of nitrogens with one attached hydrogen (secondary N) is 1. The van der Waals surface area contributed by atoms with Gasteiger partial charge >= 0.3 is 0 Å².